The maximum absolute atomic E-state index is 11.7. The Balaban J connectivity index is 2.01. The van der Waals surface area contributed by atoms with Crippen LogP contribution in [0.25, 0.3) is 0 Å². The van der Waals surface area contributed by atoms with Crippen LogP contribution in [0.15, 0.2) is 18.2 Å². The Kier molecular flexibility index (Phi) is 4.14. The first-order valence-corrected chi connectivity index (χ1v) is 6.43. The Labute approximate surface area is 113 Å². The monoisotopic (exact) mass is 264 g/mol. The zero-order valence-electron chi connectivity index (χ0n) is 11.5. The number of hydrogen-bond acceptors (Lipinski definition) is 3. The van der Waals surface area contributed by atoms with E-state index in [0.717, 1.165) is 18.4 Å². The number of urea groups is 1. The van der Waals surface area contributed by atoms with Crippen LogP contribution >= 0.6 is 0 Å². The number of carbonyl (C=O) groups is 1. The van der Waals surface area contributed by atoms with E-state index >= 15 is 0 Å². The van der Waals surface area contributed by atoms with Gasteiger partial charge in [0.15, 0.2) is 11.5 Å². The van der Waals surface area contributed by atoms with Crippen molar-refractivity contribution in [1.29, 1.82) is 0 Å². The molecule has 1 aromatic rings. The highest BCUT2D eigenvalue weighted by Crippen LogP contribution is 2.29. The van der Waals surface area contributed by atoms with E-state index in [-0.39, 0.29) is 12.1 Å². The van der Waals surface area contributed by atoms with Crippen LogP contribution < -0.4 is 20.1 Å². The molecule has 2 N–H and O–H groups in total. The van der Waals surface area contributed by atoms with Crippen LogP contribution in [-0.2, 0) is 0 Å². The summed E-state index contributed by atoms with van der Waals surface area (Å²) < 4.78 is 10.4. The van der Waals surface area contributed by atoms with E-state index in [0.29, 0.717) is 17.5 Å². The van der Waals surface area contributed by atoms with E-state index in [9.17, 15) is 4.79 Å². The fourth-order valence-electron chi connectivity index (χ4n) is 1.86. The van der Waals surface area contributed by atoms with E-state index in [4.69, 9.17) is 9.47 Å². The van der Waals surface area contributed by atoms with Gasteiger partial charge in [-0.1, -0.05) is 6.07 Å². The Morgan fingerprint density at radius 2 is 1.95 bits per heavy atom. The summed E-state index contributed by atoms with van der Waals surface area (Å²) >= 11 is 0. The lowest BCUT2D eigenvalue weighted by molar-refractivity contribution is 0.237. The largest absolute Gasteiger partial charge is 0.493 e. The first kappa shape index (κ1) is 13.5. The summed E-state index contributed by atoms with van der Waals surface area (Å²) in [6.07, 6.45) is 2.16. The smallest absolute Gasteiger partial charge is 0.315 e. The SMILES string of the molecule is COc1ccc(C(C)NC(=O)NC2CC2)cc1OC. The molecule has 0 saturated heterocycles. The van der Waals surface area contributed by atoms with E-state index < -0.39 is 0 Å². The molecule has 1 saturated carbocycles. The molecule has 19 heavy (non-hydrogen) atoms. The van der Waals surface area contributed by atoms with Crippen molar-refractivity contribution in [3.05, 3.63) is 23.8 Å². The van der Waals surface area contributed by atoms with E-state index in [2.05, 4.69) is 10.6 Å². The van der Waals surface area contributed by atoms with Gasteiger partial charge >= 0.3 is 6.03 Å². The van der Waals surface area contributed by atoms with E-state index in [1.54, 1.807) is 14.2 Å². The first-order valence-electron chi connectivity index (χ1n) is 6.43. The third-order valence-corrected chi connectivity index (χ3v) is 3.17. The van der Waals surface area contributed by atoms with Crippen LogP contribution in [0.2, 0.25) is 0 Å². The molecule has 5 nitrogen and oxygen atoms in total. The first-order chi connectivity index (χ1) is 9.13. The number of methoxy groups -OCH3 is 2. The van der Waals surface area contributed by atoms with Crippen molar-refractivity contribution >= 4 is 6.03 Å². The molecule has 2 rings (SSSR count). The van der Waals surface area contributed by atoms with Gasteiger partial charge < -0.3 is 20.1 Å². The van der Waals surface area contributed by atoms with Crippen molar-refractivity contribution in [2.75, 3.05) is 14.2 Å². The maximum Gasteiger partial charge on any atom is 0.315 e. The molecule has 0 heterocycles. The maximum atomic E-state index is 11.7. The van der Waals surface area contributed by atoms with Gasteiger partial charge in [-0.2, -0.15) is 0 Å². The number of rotatable bonds is 5. The molecule has 0 bridgehead atoms. The fraction of sp³-hybridized carbons (Fsp3) is 0.500. The number of amides is 2. The molecule has 0 spiro atoms. The van der Waals surface area contributed by atoms with Crippen molar-refractivity contribution in [1.82, 2.24) is 10.6 Å². The quantitative estimate of drug-likeness (QED) is 0.857. The van der Waals surface area contributed by atoms with Gasteiger partial charge in [-0.3, -0.25) is 0 Å². The summed E-state index contributed by atoms with van der Waals surface area (Å²) in [6.45, 7) is 1.94. The minimum Gasteiger partial charge on any atom is -0.493 e. The molecule has 2 amide bonds. The number of ether oxygens (including phenoxy) is 2. The van der Waals surface area contributed by atoms with Gasteiger partial charge in [-0.15, -0.1) is 0 Å². The molecule has 1 aliphatic carbocycles. The molecule has 0 aromatic heterocycles. The van der Waals surface area contributed by atoms with Crippen LogP contribution in [-0.4, -0.2) is 26.3 Å². The molecular formula is C14H20N2O3. The summed E-state index contributed by atoms with van der Waals surface area (Å²) in [7, 11) is 3.20. The molecule has 104 valence electrons. The molecule has 1 unspecified atom stereocenters. The Morgan fingerprint density at radius 1 is 1.26 bits per heavy atom. The summed E-state index contributed by atoms with van der Waals surface area (Å²) in [6, 6.07) is 5.79. The van der Waals surface area contributed by atoms with Crippen molar-refractivity contribution < 1.29 is 14.3 Å². The molecule has 1 atom stereocenters. The molecule has 0 radical (unpaired) electrons. The predicted molar refractivity (Wildman–Crippen MR) is 72.7 cm³/mol. The van der Waals surface area contributed by atoms with Gasteiger partial charge in [-0.25, -0.2) is 4.79 Å². The Morgan fingerprint density at radius 3 is 2.53 bits per heavy atom. The second-order valence-corrected chi connectivity index (χ2v) is 4.73. The molecule has 1 aromatic carbocycles. The summed E-state index contributed by atoms with van der Waals surface area (Å²) in [5.74, 6) is 1.34. The molecular weight excluding hydrogens is 244 g/mol. The lowest BCUT2D eigenvalue weighted by Gasteiger charge is -2.16. The zero-order valence-corrected chi connectivity index (χ0v) is 11.5. The van der Waals surface area contributed by atoms with Gasteiger partial charge in [0.1, 0.15) is 0 Å². The normalized spacial score (nSPS) is 15.5. The number of benzene rings is 1. The molecule has 5 heteroatoms. The highest BCUT2D eigenvalue weighted by Gasteiger charge is 2.23. The fourth-order valence-corrected chi connectivity index (χ4v) is 1.86. The topological polar surface area (TPSA) is 59.6 Å². The lowest BCUT2D eigenvalue weighted by atomic mass is 10.1. The van der Waals surface area contributed by atoms with Gasteiger partial charge in [0.25, 0.3) is 0 Å². The Hall–Kier alpha value is -1.91. The summed E-state index contributed by atoms with van der Waals surface area (Å²) in [4.78, 5) is 11.7. The minimum atomic E-state index is -0.121. The van der Waals surface area contributed by atoms with Gasteiger partial charge in [0.2, 0.25) is 0 Å². The van der Waals surface area contributed by atoms with Crippen LogP contribution in [0, 0.1) is 0 Å². The van der Waals surface area contributed by atoms with Crippen LogP contribution in [0.5, 0.6) is 11.5 Å². The van der Waals surface area contributed by atoms with Crippen molar-refractivity contribution in [2.24, 2.45) is 0 Å². The number of hydrogen-bond donors (Lipinski definition) is 2. The van der Waals surface area contributed by atoms with Crippen molar-refractivity contribution in [3.8, 4) is 11.5 Å². The lowest BCUT2D eigenvalue weighted by Crippen LogP contribution is -2.38. The van der Waals surface area contributed by atoms with Gasteiger partial charge in [0, 0.05) is 6.04 Å². The highest BCUT2D eigenvalue weighted by atomic mass is 16.5. The highest BCUT2D eigenvalue weighted by molar-refractivity contribution is 5.75. The second kappa shape index (κ2) is 5.82. The third kappa shape index (κ3) is 3.53. The van der Waals surface area contributed by atoms with Crippen LogP contribution in [0.3, 0.4) is 0 Å². The third-order valence-electron chi connectivity index (χ3n) is 3.17. The van der Waals surface area contributed by atoms with Gasteiger partial charge in [-0.05, 0) is 37.5 Å². The molecule has 1 fully saturated rings. The number of nitrogens with one attached hydrogen (secondary N) is 2. The zero-order chi connectivity index (χ0) is 13.8. The average molecular weight is 264 g/mol. The Bertz CT molecular complexity index is 458. The van der Waals surface area contributed by atoms with Crippen molar-refractivity contribution in [3.63, 3.8) is 0 Å². The minimum absolute atomic E-state index is 0.0847. The molecule has 0 aliphatic heterocycles. The number of carbonyl (C=O) groups excluding carboxylic acids is 1. The summed E-state index contributed by atoms with van der Waals surface area (Å²) in [5.41, 5.74) is 0.976. The van der Waals surface area contributed by atoms with Crippen LogP contribution in [0.1, 0.15) is 31.4 Å². The van der Waals surface area contributed by atoms with E-state index in [1.807, 2.05) is 25.1 Å². The average Bonchev–Trinajstić information content (AvgIpc) is 3.21. The summed E-state index contributed by atoms with van der Waals surface area (Å²) in [5, 5.41) is 5.81. The molecule has 1 aliphatic rings. The predicted octanol–water partition coefficient (Wildman–Crippen LogP) is 2.23. The van der Waals surface area contributed by atoms with Crippen LogP contribution in [0.4, 0.5) is 4.79 Å². The second-order valence-electron chi connectivity index (χ2n) is 4.73. The standard InChI is InChI=1S/C14H20N2O3/c1-9(15-14(17)16-11-5-6-11)10-4-7-12(18-2)13(8-10)19-3/h4,7-9,11H,5-6H2,1-3H3,(H2,15,16,17). The van der Waals surface area contributed by atoms with Gasteiger partial charge in [0.05, 0.1) is 20.3 Å². The van der Waals surface area contributed by atoms with E-state index in [1.165, 1.54) is 0 Å². The van der Waals surface area contributed by atoms with Crippen molar-refractivity contribution in [2.45, 2.75) is 31.8 Å².